The number of thiocarbonyl (C=S) groups is 1. The highest BCUT2D eigenvalue weighted by atomic mass is 32.1. The summed E-state index contributed by atoms with van der Waals surface area (Å²) in [6, 6.07) is 0. The molecule has 134 valence electrons. The van der Waals surface area contributed by atoms with Gasteiger partial charge in [-0.1, -0.05) is 26.7 Å². The maximum Gasteiger partial charge on any atom is 0.184 e. The molecule has 4 saturated carbocycles. The van der Waals surface area contributed by atoms with E-state index in [0.717, 1.165) is 30.1 Å². The molecule has 0 aliphatic heterocycles. The average molecular weight is 348 g/mol. The first-order valence-electron chi connectivity index (χ1n) is 10.1. The van der Waals surface area contributed by atoms with E-state index in [1.165, 1.54) is 63.5 Å². The van der Waals surface area contributed by atoms with Gasteiger partial charge in [0.05, 0.1) is 0 Å². The lowest BCUT2D eigenvalue weighted by molar-refractivity contribution is -0.0936. The van der Waals surface area contributed by atoms with Crippen LogP contribution in [0.15, 0.2) is 5.10 Å². The Kier molecular flexibility index (Phi) is 4.18. The van der Waals surface area contributed by atoms with Crippen molar-refractivity contribution in [1.82, 2.24) is 5.43 Å². The standard InChI is InChI=1S/C20H33N3S/c1-19-11-4-3-5-13(19)6-7-14-15-8-9-17(22-23-18(21)24)20(15,2)12-10-16(14)19/h13-16H,3-12H2,1-2H3,(H3,21,23,24)/b22-17+/t13?,14?,15?,16?,19-,20-/m1/s1. The van der Waals surface area contributed by atoms with Crippen LogP contribution in [0.5, 0.6) is 0 Å². The number of fused-ring (bicyclic) bond motifs is 5. The minimum atomic E-state index is 0.275. The molecule has 0 bridgehead atoms. The molecule has 0 aromatic rings. The SMILES string of the molecule is C[C@@]12CCCCC1CCC1C2CC[C@@]2(C)/C(=N/NC(N)=S)CCC12. The van der Waals surface area contributed by atoms with Crippen LogP contribution >= 0.6 is 12.2 Å². The first kappa shape index (κ1) is 16.8. The van der Waals surface area contributed by atoms with Crippen molar-refractivity contribution in [1.29, 1.82) is 0 Å². The van der Waals surface area contributed by atoms with Gasteiger partial charge in [-0.3, -0.25) is 5.43 Å². The van der Waals surface area contributed by atoms with Crippen molar-refractivity contribution in [2.75, 3.05) is 0 Å². The van der Waals surface area contributed by atoms with Crippen molar-refractivity contribution >= 4 is 23.0 Å². The molecule has 3 N–H and O–H groups in total. The van der Waals surface area contributed by atoms with Crippen LogP contribution in [-0.2, 0) is 0 Å². The van der Waals surface area contributed by atoms with Crippen LogP contribution in [-0.4, -0.2) is 10.8 Å². The van der Waals surface area contributed by atoms with Crippen molar-refractivity contribution in [2.24, 2.45) is 45.3 Å². The van der Waals surface area contributed by atoms with Gasteiger partial charge in [-0.05, 0) is 92.7 Å². The number of rotatable bonds is 1. The lowest BCUT2D eigenvalue weighted by atomic mass is 9.45. The molecular weight excluding hydrogens is 314 g/mol. The van der Waals surface area contributed by atoms with Gasteiger partial charge in [-0.25, -0.2) is 0 Å². The predicted octanol–water partition coefficient (Wildman–Crippen LogP) is 4.61. The second kappa shape index (κ2) is 5.96. The molecule has 0 spiro atoms. The van der Waals surface area contributed by atoms with Gasteiger partial charge in [0.2, 0.25) is 0 Å². The van der Waals surface area contributed by atoms with Gasteiger partial charge in [-0.15, -0.1) is 0 Å². The first-order valence-corrected chi connectivity index (χ1v) is 10.5. The van der Waals surface area contributed by atoms with Crippen LogP contribution in [0.1, 0.15) is 78.1 Å². The molecule has 4 aliphatic rings. The molecule has 6 atom stereocenters. The summed E-state index contributed by atoms with van der Waals surface area (Å²) in [4.78, 5) is 0. The average Bonchev–Trinajstić information content (AvgIpc) is 2.89. The van der Waals surface area contributed by atoms with Gasteiger partial charge in [0, 0.05) is 11.1 Å². The maximum atomic E-state index is 5.59. The third-order valence-electron chi connectivity index (χ3n) is 8.63. The molecule has 0 saturated heterocycles. The monoisotopic (exact) mass is 347 g/mol. The molecule has 0 amide bonds. The summed E-state index contributed by atoms with van der Waals surface area (Å²) in [7, 11) is 0. The molecule has 4 rings (SSSR count). The van der Waals surface area contributed by atoms with E-state index < -0.39 is 0 Å². The van der Waals surface area contributed by atoms with Gasteiger partial charge in [0.25, 0.3) is 0 Å². The van der Waals surface area contributed by atoms with Crippen molar-refractivity contribution in [3.63, 3.8) is 0 Å². The Balaban J connectivity index is 1.59. The Morgan fingerprint density at radius 1 is 1.08 bits per heavy atom. The zero-order valence-electron chi connectivity index (χ0n) is 15.3. The summed E-state index contributed by atoms with van der Waals surface area (Å²) in [5.74, 6) is 3.70. The molecule has 4 fully saturated rings. The largest absolute Gasteiger partial charge is 0.375 e. The molecular formula is C20H33N3S. The van der Waals surface area contributed by atoms with E-state index in [2.05, 4.69) is 24.4 Å². The Labute approximate surface area is 152 Å². The first-order chi connectivity index (χ1) is 11.4. The number of hydrazone groups is 1. The van der Waals surface area contributed by atoms with Crippen LogP contribution in [0, 0.1) is 34.5 Å². The molecule has 0 radical (unpaired) electrons. The van der Waals surface area contributed by atoms with E-state index in [-0.39, 0.29) is 5.41 Å². The molecule has 0 aromatic heterocycles. The molecule has 4 aliphatic carbocycles. The van der Waals surface area contributed by atoms with E-state index in [9.17, 15) is 0 Å². The second-order valence-electron chi connectivity index (χ2n) is 9.43. The normalized spacial score (nSPS) is 49.2. The van der Waals surface area contributed by atoms with Crippen molar-refractivity contribution < 1.29 is 0 Å². The van der Waals surface area contributed by atoms with Crippen LogP contribution in [0.2, 0.25) is 0 Å². The molecule has 24 heavy (non-hydrogen) atoms. The topological polar surface area (TPSA) is 50.4 Å². The van der Waals surface area contributed by atoms with Gasteiger partial charge in [0.15, 0.2) is 5.11 Å². The van der Waals surface area contributed by atoms with Crippen molar-refractivity contribution in [2.45, 2.75) is 78.1 Å². The van der Waals surface area contributed by atoms with Gasteiger partial charge >= 0.3 is 0 Å². The third-order valence-corrected chi connectivity index (χ3v) is 8.72. The Morgan fingerprint density at radius 2 is 1.92 bits per heavy atom. The number of hydrogen-bond acceptors (Lipinski definition) is 2. The fourth-order valence-electron chi connectivity index (χ4n) is 7.39. The summed E-state index contributed by atoms with van der Waals surface area (Å²) >= 11 is 4.94. The van der Waals surface area contributed by atoms with E-state index in [0.29, 0.717) is 10.5 Å². The van der Waals surface area contributed by atoms with Crippen LogP contribution < -0.4 is 11.2 Å². The highest BCUT2D eigenvalue weighted by molar-refractivity contribution is 7.80. The number of nitrogens with two attached hydrogens (primary N) is 1. The zero-order chi connectivity index (χ0) is 16.9. The van der Waals surface area contributed by atoms with Crippen LogP contribution in [0.4, 0.5) is 0 Å². The summed E-state index contributed by atoms with van der Waals surface area (Å²) in [5, 5.41) is 4.91. The van der Waals surface area contributed by atoms with Crippen molar-refractivity contribution in [3.8, 4) is 0 Å². The van der Waals surface area contributed by atoms with Crippen LogP contribution in [0.25, 0.3) is 0 Å². The van der Waals surface area contributed by atoms with Gasteiger partial charge < -0.3 is 5.73 Å². The van der Waals surface area contributed by atoms with E-state index >= 15 is 0 Å². The minimum absolute atomic E-state index is 0.275. The van der Waals surface area contributed by atoms with Gasteiger partial charge in [0.1, 0.15) is 0 Å². The Hall–Kier alpha value is -0.640. The van der Waals surface area contributed by atoms with Crippen LogP contribution in [0.3, 0.4) is 0 Å². The number of nitrogens with zero attached hydrogens (tertiary/aromatic N) is 1. The van der Waals surface area contributed by atoms with E-state index in [1.54, 1.807) is 0 Å². The predicted molar refractivity (Wildman–Crippen MR) is 104 cm³/mol. The molecule has 3 nitrogen and oxygen atoms in total. The van der Waals surface area contributed by atoms with E-state index in [4.69, 9.17) is 18.0 Å². The summed E-state index contributed by atoms with van der Waals surface area (Å²) in [6.07, 6.45) is 14.0. The molecule has 4 unspecified atom stereocenters. The summed E-state index contributed by atoms with van der Waals surface area (Å²) in [5.41, 5.74) is 10.7. The van der Waals surface area contributed by atoms with E-state index in [1.807, 2.05) is 0 Å². The van der Waals surface area contributed by atoms with Gasteiger partial charge in [-0.2, -0.15) is 5.10 Å². The Bertz CT molecular complexity index is 559. The number of hydrogen-bond donors (Lipinski definition) is 2. The quantitative estimate of drug-likeness (QED) is 0.538. The zero-order valence-corrected chi connectivity index (χ0v) is 16.1. The molecule has 4 heteroatoms. The number of nitrogens with one attached hydrogen (secondary N) is 1. The lowest BCUT2D eigenvalue weighted by Crippen LogP contribution is -2.52. The smallest absolute Gasteiger partial charge is 0.184 e. The van der Waals surface area contributed by atoms with Crippen molar-refractivity contribution in [3.05, 3.63) is 0 Å². The summed E-state index contributed by atoms with van der Waals surface area (Å²) < 4.78 is 0. The summed E-state index contributed by atoms with van der Waals surface area (Å²) in [6.45, 7) is 5.12. The highest BCUT2D eigenvalue weighted by Crippen LogP contribution is 2.65. The molecule has 0 aromatic carbocycles. The lowest BCUT2D eigenvalue weighted by Gasteiger charge is -2.59. The fourth-order valence-corrected chi connectivity index (χ4v) is 7.44. The highest BCUT2D eigenvalue weighted by Gasteiger charge is 2.58. The molecule has 0 heterocycles. The minimum Gasteiger partial charge on any atom is -0.375 e. The Morgan fingerprint density at radius 3 is 2.71 bits per heavy atom. The fraction of sp³-hybridized carbons (Fsp3) is 0.900. The maximum absolute atomic E-state index is 5.59. The third kappa shape index (κ3) is 2.43. The second-order valence-corrected chi connectivity index (χ2v) is 9.87.